The van der Waals surface area contributed by atoms with Crippen LogP contribution in [0.5, 0.6) is 0 Å². The van der Waals surface area contributed by atoms with Crippen LogP contribution in [0.1, 0.15) is 35.9 Å². The third-order valence-corrected chi connectivity index (χ3v) is 5.29. The van der Waals surface area contributed by atoms with E-state index in [1.165, 1.54) is 6.07 Å². The van der Waals surface area contributed by atoms with E-state index >= 15 is 0 Å². The molecule has 0 bridgehead atoms. The third kappa shape index (κ3) is 3.11. The molecule has 1 aliphatic rings. The van der Waals surface area contributed by atoms with Crippen LogP contribution >= 0.6 is 11.3 Å². The lowest BCUT2D eigenvalue weighted by Crippen LogP contribution is -2.36. The first-order valence-corrected chi connectivity index (χ1v) is 8.95. The second-order valence-corrected chi connectivity index (χ2v) is 7.20. The van der Waals surface area contributed by atoms with E-state index in [9.17, 15) is 13.2 Å². The zero-order valence-corrected chi connectivity index (χ0v) is 12.9. The van der Waals surface area contributed by atoms with Crippen LogP contribution in [0, 0.1) is 0 Å². The number of sulfonamides is 1. The first-order chi connectivity index (χ1) is 9.45. The van der Waals surface area contributed by atoms with Gasteiger partial charge in [-0.05, 0) is 17.9 Å². The smallest absolute Gasteiger partial charge is 0.266 e. The van der Waals surface area contributed by atoms with Gasteiger partial charge in [-0.1, -0.05) is 31.9 Å². The summed E-state index contributed by atoms with van der Waals surface area (Å²) in [5.41, 5.74) is 0. The number of nitrogens with two attached hydrogens (primary N) is 1. The molecule has 0 aromatic carbocycles. The minimum absolute atomic E-state index is 0.0536. The van der Waals surface area contributed by atoms with Crippen molar-refractivity contribution >= 4 is 27.3 Å². The Morgan fingerprint density at radius 3 is 2.95 bits per heavy atom. The normalized spacial score (nSPS) is 18.7. The van der Waals surface area contributed by atoms with Gasteiger partial charge in [0, 0.05) is 6.54 Å². The van der Waals surface area contributed by atoms with E-state index in [1.54, 1.807) is 10.3 Å². The fraction of sp³-hybridized carbons (Fsp3) is 0.462. The van der Waals surface area contributed by atoms with Crippen LogP contribution in [0.15, 0.2) is 28.5 Å². The van der Waals surface area contributed by atoms with E-state index in [-0.39, 0.29) is 21.7 Å². The second kappa shape index (κ2) is 6.07. The summed E-state index contributed by atoms with van der Waals surface area (Å²) in [6.45, 7) is 2.62. The number of carbonyl (C=O) groups is 1. The molecule has 1 aromatic heterocycles. The van der Waals surface area contributed by atoms with Gasteiger partial charge >= 0.3 is 0 Å². The van der Waals surface area contributed by atoms with Gasteiger partial charge in [-0.3, -0.25) is 4.79 Å². The summed E-state index contributed by atoms with van der Waals surface area (Å²) in [5.74, 6) is -0.255. The van der Waals surface area contributed by atoms with Crippen molar-refractivity contribution < 1.29 is 13.2 Å². The van der Waals surface area contributed by atoms with Crippen molar-refractivity contribution in [3.63, 3.8) is 0 Å². The molecule has 1 amide bonds. The van der Waals surface area contributed by atoms with Gasteiger partial charge in [-0.15, -0.1) is 11.3 Å². The predicted molar refractivity (Wildman–Crippen MR) is 79.2 cm³/mol. The second-order valence-electron chi connectivity index (χ2n) is 4.75. The summed E-state index contributed by atoms with van der Waals surface area (Å²) in [6.07, 6.45) is 6.95. The maximum Gasteiger partial charge on any atom is 0.266 e. The summed E-state index contributed by atoms with van der Waals surface area (Å²) >= 11 is 1.12. The number of hydrogen-bond donors (Lipinski definition) is 1. The Balaban J connectivity index is 2.22. The molecule has 2 heterocycles. The van der Waals surface area contributed by atoms with Crippen LogP contribution in [0.25, 0.3) is 0 Å². The van der Waals surface area contributed by atoms with Crippen LogP contribution in [-0.4, -0.2) is 31.8 Å². The minimum Gasteiger partial charge on any atom is -0.328 e. The Hall–Kier alpha value is -1.18. The van der Waals surface area contributed by atoms with Crippen LogP contribution in [0.2, 0.25) is 0 Å². The number of primary sulfonamides is 1. The van der Waals surface area contributed by atoms with E-state index in [0.29, 0.717) is 6.54 Å². The summed E-state index contributed by atoms with van der Waals surface area (Å²) in [5, 5.41) is 6.73. The van der Waals surface area contributed by atoms with Crippen molar-refractivity contribution in [1.29, 1.82) is 0 Å². The van der Waals surface area contributed by atoms with Gasteiger partial charge in [0.15, 0.2) is 0 Å². The quantitative estimate of drug-likeness (QED) is 0.844. The van der Waals surface area contributed by atoms with Gasteiger partial charge in [-0.25, -0.2) is 13.6 Å². The highest BCUT2D eigenvalue weighted by Gasteiger charge is 2.29. The summed E-state index contributed by atoms with van der Waals surface area (Å²) in [7, 11) is -3.86. The Bertz CT molecular complexity index is 619. The van der Waals surface area contributed by atoms with Crippen molar-refractivity contribution in [1.82, 2.24) is 4.90 Å². The number of hydrogen-bond acceptors (Lipinski definition) is 4. The van der Waals surface area contributed by atoms with Gasteiger partial charge < -0.3 is 4.90 Å². The molecule has 0 saturated carbocycles. The standard InChI is InChI=1S/C13H18N2O3S2/c1-2-3-5-10-6-4-8-15(10)13(16)12-11(7-9-19-12)20(14,17)18/h4,6-7,9-10H,2-3,5,8H2,1H3,(H2,14,17,18)/t10-/m0/s1. The highest BCUT2D eigenvalue weighted by molar-refractivity contribution is 7.89. The lowest BCUT2D eigenvalue weighted by Gasteiger charge is -2.24. The van der Waals surface area contributed by atoms with E-state index in [0.717, 1.165) is 30.6 Å². The summed E-state index contributed by atoms with van der Waals surface area (Å²) in [4.78, 5) is 14.4. The fourth-order valence-corrected chi connectivity index (χ4v) is 4.20. The lowest BCUT2D eigenvalue weighted by molar-refractivity contribution is 0.0745. The molecular formula is C13H18N2O3S2. The average Bonchev–Trinajstić information content (AvgIpc) is 3.03. The van der Waals surface area contributed by atoms with Gasteiger partial charge in [0.1, 0.15) is 9.77 Å². The molecule has 2 N–H and O–H groups in total. The van der Waals surface area contributed by atoms with Crippen molar-refractivity contribution in [3.05, 3.63) is 28.5 Å². The molecule has 7 heteroatoms. The van der Waals surface area contributed by atoms with Crippen LogP contribution < -0.4 is 5.14 Å². The highest BCUT2D eigenvalue weighted by atomic mass is 32.2. The van der Waals surface area contributed by atoms with E-state index in [4.69, 9.17) is 5.14 Å². The third-order valence-electron chi connectivity index (χ3n) is 3.30. The number of amides is 1. The summed E-state index contributed by atoms with van der Waals surface area (Å²) in [6, 6.07) is 1.44. The first-order valence-electron chi connectivity index (χ1n) is 6.53. The SMILES string of the molecule is CCCC[C@H]1C=CCN1C(=O)c1sccc1S(N)(=O)=O. The molecule has 110 valence electrons. The number of nitrogens with zero attached hydrogens (tertiary/aromatic N) is 1. The number of unbranched alkanes of at least 4 members (excludes halogenated alkanes) is 1. The Labute approximate surface area is 123 Å². The molecule has 1 aliphatic heterocycles. The van der Waals surface area contributed by atoms with Crippen LogP contribution in [0.3, 0.4) is 0 Å². The van der Waals surface area contributed by atoms with Crippen molar-refractivity contribution in [2.75, 3.05) is 6.54 Å². The zero-order chi connectivity index (χ0) is 14.8. The lowest BCUT2D eigenvalue weighted by atomic mass is 10.1. The molecule has 1 aromatic rings. The fourth-order valence-electron chi connectivity index (χ4n) is 2.28. The van der Waals surface area contributed by atoms with Crippen LogP contribution in [-0.2, 0) is 10.0 Å². The van der Waals surface area contributed by atoms with Crippen LogP contribution in [0.4, 0.5) is 0 Å². The van der Waals surface area contributed by atoms with E-state index in [1.807, 2.05) is 12.2 Å². The molecule has 1 atom stereocenters. The molecule has 0 spiro atoms. The molecular weight excluding hydrogens is 296 g/mol. The summed E-state index contributed by atoms with van der Waals surface area (Å²) < 4.78 is 23.0. The molecule has 0 saturated heterocycles. The predicted octanol–water partition coefficient (Wildman–Crippen LogP) is 1.97. The molecule has 0 fully saturated rings. The van der Waals surface area contributed by atoms with Gasteiger partial charge in [-0.2, -0.15) is 0 Å². The highest BCUT2D eigenvalue weighted by Crippen LogP contribution is 2.26. The van der Waals surface area contributed by atoms with Gasteiger partial charge in [0.05, 0.1) is 6.04 Å². The Morgan fingerprint density at radius 1 is 1.55 bits per heavy atom. The zero-order valence-electron chi connectivity index (χ0n) is 11.3. The number of carbonyl (C=O) groups excluding carboxylic acids is 1. The Morgan fingerprint density at radius 2 is 2.30 bits per heavy atom. The van der Waals surface area contributed by atoms with Gasteiger partial charge in [0.2, 0.25) is 10.0 Å². The Kier molecular flexibility index (Phi) is 4.62. The molecule has 0 unspecified atom stereocenters. The van der Waals surface area contributed by atoms with Gasteiger partial charge in [0.25, 0.3) is 5.91 Å². The maximum atomic E-state index is 12.5. The minimum atomic E-state index is -3.86. The molecule has 0 radical (unpaired) electrons. The maximum absolute atomic E-state index is 12.5. The molecule has 20 heavy (non-hydrogen) atoms. The molecule has 2 rings (SSSR count). The van der Waals surface area contributed by atoms with Crippen molar-refractivity contribution in [2.24, 2.45) is 5.14 Å². The average molecular weight is 314 g/mol. The number of rotatable bonds is 5. The monoisotopic (exact) mass is 314 g/mol. The van der Waals surface area contributed by atoms with E-state index in [2.05, 4.69) is 6.92 Å². The topological polar surface area (TPSA) is 80.5 Å². The first kappa shape index (κ1) is 15.2. The van der Waals surface area contributed by atoms with E-state index < -0.39 is 10.0 Å². The largest absolute Gasteiger partial charge is 0.328 e. The molecule has 0 aliphatic carbocycles. The number of thiophene rings is 1. The van der Waals surface area contributed by atoms with Crippen molar-refractivity contribution in [3.8, 4) is 0 Å². The molecule has 5 nitrogen and oxygen atoms in total. The van der Waals surface area contributed by atoms with Crippen molar-refractivity contribution in [2.45, 2.75) is 37.1 Å².